The molecular weight excluding hydrogens is 256 g/mol. The molecular formula is C12H15ClN2O3. The van der Waals surface area contributed by atoms with Gasteiger partial charge in [0.05, 0.1) is 0 Å². The molecule has 0 aromatic carbocycles. The average molecular weight is 271 g/mol. The first kappa shape index (κ1) is 13.0. The maximum atomic E-state index is 10.9. The first-order valence-electron chi connectivity index (χ1n) is 5.85. The summed E-state index contributed by atoms with van der Waals surface area (Å²) in [6.45, 7) is 2.37. The third kappa shape index (κ3) is 3.04. The molecule has 0 saturated carbocycles. The largest absolute Gasteiger partial charge is 0.474 e. The van der Waals surface area contributed by atoms with Crippen molar-refractivity contribution < 1.29 is 14.6 Å². The van der Waals surface area contributed by atoms with Crippen molar-refractivity contribution in [3.05, 3.63) is 23.4 Å². The van der Waals surface area contributed by atoms with Gasteiger partial charge in [-0.3, -0.25) is 0 Å². The fraction of sp³-hybridized carbons (Fsp3) is 0.500. The topological polar surface area (TPSA) is 62.7 Å². The SMILES string of the molecule is CC1CC(Oc2cccc(Cl)n2)CCN1C(=O)O. The van der Waals surface area contributed by atoms with Gasteiger partial charge in [-0.1, -0.05) is 17.7 Å². The Morgan fingerprint density at radius 2 is 2.39 bits per heavy atom. The Labute approximate surface area is 110 Å². The van der Waals surface area contributed by atoms with Crippen molar-refractivity contribution in [3.8, 4) is 5.88 Å². The van der Waals surface area contributed by atoms with Crippen LogP contribution in [0.2, 0.25) is 5.15 Å². The number of carbonyl (C=O) groups is 1. The molecule has 1 aliphatic rings. The van der Waals surface area contributed by atoms with E-state index >= 15 is 0 Å². The van der Waals surface area contributed by atoms with Gasteiger partial charge in [-0.05, 0) is 13.0 Å². The first-order chi connectivity index (χ1) is 8.56. The molecule has 0 bridgehead atoms. The summed E-state index contributed by atoms with van der Waals surface area (Å²) in [7, 11) is 0. The molecule has 1 N–H and O–H groups in total. The molecule has 1 aliphatic heterocycles. The molecule has 0 aliphatic carbocycles. The third-order valence-corrected chi connectivity index (χ3v) is 3.26. The number of ether oxygens (including phenoxy) is 1. The standard InChI is InChI=1S/C12H15ClN2O3/c1-8-7-9(5-6-15(8)12(16)17)18-11-4-2-3-10(13)14-11/h2-4,8-9H,5-7H2,1H3,(H,16,17). The molecule has 2 unspecified atom stereocenters. The summed E-state index contributed by atoms with van der Waals surface area (Å²) in [6, 6.07) is 5.17. The molecule has 2 atom stereocenters. The van der Waals surface area contributed by atoms with Gasteiger partial charge in [-0.2, -0.15) is 0 Å². The van der Waals surface area contributed by atoms with E-state index in [2.05, 4.69) is 4.98 Å². The van der Waals surface area contributed by atoms with Crippen LogP contribution in [0.15, 0.2) is 18.2 Å². The van der Waals surface area contributed by atoms with E-state index in [4.69, 9.17) is 21.4 Å². The lowest BCUT2D eigenvalue weighted by molar-refractivity contribution is 0.0585. The number of likely N-dealkylation sites (tertiary alicyclic amines) is 1. The Balaban J connectivity index is 1.95. The van der Waals surface area contributed by atoms with Crippen LogP contribution in [-0.2, 0) is 0 Å². The van der Waals surface area contributed by atoms with Gasteiger partial charge in [0, 0.05) is 31.5 Å². The molecule has 1 fully saturated rings. The van der Waals surface area contributed by atoms with E-state index in [9.17, 15) is 4.79 Å². The Bertz CT molecular complexity index is 441. The number of nitrogens with zero attached hydrogens (tertiary/aromatic N) is 2. The number of rotatable bonds is 2. The van der Waals surface area contributed by atoms with E-state index in [0.29, 0.717) is 30.4 Å². The lowest BCUT2D eigenvalue weighted by Crippen LogP contribution is -2.46. The normalized spacial score (nSPS) is 23.8. The van der Waals surface area contributed by atoms with E-state index in [0.717, 1.165) is 0 Å². The number of aromatic nitrogens is 1. The fourth-order valence-electron chi connectivity index (χ4n) is 2.15. The molecule has 5 nitrogen and oxygen atoms in total. The monoisotopic (exact) mass is 270 g/mol. The van der Waals surface area contributed by atoms with Gasteiger partial charge in [0.1, 0.15) is 11.3 Å². The van der Waals surface area contributed by atoms with E-state index in [-0.39, 0.29) is 12.1 Å². The summed E-state index contributed by atoms with van der Waals surface area (Å²) in [5.74, 6) is 0.489. The van der Waals surface area contributed by atoms with Crippen molar-refractivity contribution in [2.45, 2.75) is 31.9 Å². The molecule has 1 saturated heterocycles. The van der Waals surface area contributed by atoms with Crippen LogP contribution in [0.3, 0.4) is 0 Å². The first-order valence-corrected chi connectivity index (χ1v) is 6.23. The quantitative estimate of drug-likeness (QED) is 0.839. The number of hydrogen-bond donors (Lipinski definition) is 1. The lowest BCUT2D eigenvalue weighted by Gasteiger charge is -2.35. The van der Waals surface area contributed by atoms with Crippen LogP contribution in [0.4, 0.5) is 4.79 Å². The minimum absolute atomic E-state index is 0.0124. The highest BCUT2D eigenvalue weighted by Gasteiger charge is 2.29. The highest BCUT2D eigenvalue weighted by atomic mass is 35.5. The molecule has 6 heteroatoms. The van der Waals surface area contributed by atoms with Crippen molar-refractivity contribution in [2.75, 3.05) is 6.54 Å². The number of pyridine rings is 1. The number of halogens is 1. The molecule has 2 rings (SSSR count). The van der Waals surface area contributed by atoms with Crippen LogP contribution in [0.5, 0.6) is 5.88 Å². The Hall–Kier alpha value is -1.49. The fourth-order valence-corrected chi connectivity index (χ4v) is 2.30. The summed E-state index contributed by atoms with van der Waals surface area (Å²) in [4.78, 5) is 16.4. The molecule has 2 heterocycles. The second-order valence-electron chi connectivity index (χ2n) is 4.39. The molecule has 1 aromatic rings. The minimum atomic E-state index is -0.873. The highest BCUT2D eigenvalue weighted by molar-refractivity contribution is 6.29. The smallest absolute Gasteiger partial charge is 0.407 e. The van der Waals surface area contributed by atoms with Crippen molar-refractivity contribution in [3.63, 3.8) is 0 Å². The van der Waals surface area contributed by atoms with E-state index in [1.165, 1.54) is 4.90 Å². The predicted octanol–water partition coefficient (Wildman–Crippen LogP) is 2.64. The Morgan fingerprint density at radius 3 is 3.00 bits per heavy atom. The number of carboxylic acid groups (broad SMARTS) is 1. The molecule has 98 valence electrons. The summed E-state index contributed by atoms with van der Waals surface area (Å²) in [6.07, 6.45) is 0.453. The third-order valence-electron chi connectivity index (χ3n) is 3.05. The summed E-state index contributed by atoms with van der Waals surface area (Å²) < 4.78 is 5.72. The lowest BCUT2D eigenvalue weighted by atomic mass is 10.0. The van der Waals surface area contributed by atoms with E-state index < -0.39 is 6.09 Å². The van der Waals surface area contributed by atoms with E-state index in [1.807, 2.05) is 6.92 Å². The van der Waals surface area contributed by atoms with Gasteiger partial charge in [-0.15, -0.1) is 0 Å². The van der Waals surface area contributed by atoms with E-state index in [1.54, 1.807) is 18.2 Å². The molecule has 0 spiro atoms. The highest BCUT2D eigenvalue weighted by Crippen LogP contribution is 2.22. The Morgan fingerprint density at radius 1 is 1.61 bits per heavy atom. The molecule has 1 amide bonds. The van der Waals surface area contributed by atoms with Crippen molar-refractivity contribution >= 4 is 17.7 Å². The van der Waals surface area contributed by atoms with Crippen LogP contribution >= 0.6 is 11.6 Å². The maximum absolute atomic E-state index is 10.9. The second-order valence-corrected chi connectivity index (χ2v) is 4.78. The van der Waals surface area contributed by atoms with Crippen LogP contribution < -0.4 is 4.74 Å². The molecule has 18 heavy (non-hydrogen) atoms. The average Bonchev–Trinajstić information content (AvgIpc) is 2.28. The summed E-state index contributed by atoms with van der Waals surface area (Å²) in [5.41, 5.74) is 0. The van der Waals surface area contributed by atoms with Crippen LogP contribution in [0.1, 0.15) is 19.8 Å². The predicted molar refractivity (Wildman–Crippen MR) is 67.1 cm³/mol. The zero-order valence-corrected chi connectivity index (χ0v) is 10.8. The van der Waals surface area contributed by atoms with Gasteiger partial charge in [0.25, 0.3) is 0 Å². The van der Waals surface area contributed by atoms with Gasteiger partial charge in [0.2, 0.25) is 5.88 Å². The van der Waals surface area contributed by atoms with Crippen LogP contribution in [0, 0.1) is 0 Å². The van der Waals surface area contributed by atoms with Crippen LogP contribution in [0.25, 0.3) is 0 Å². The summed E-state index contributed by atoms with van der Waals surface area (Å²) >= 11 is 5.78. The number of piperidine rings is 1. The van der Waals surface area contributed by atoms with Gasteiger partial charge in [0.15, 0.2) is 0 Å². The zero-order valence-electron chi connectivity index (χ0n) is 10.0. The van der Waals surface area contributed by atoms with Crippen molar-refractivity contribution in [2.24, 2.45) is 0 Å². The van der Waals surface area contributed by atoms with Crippen molar-refractivity contribution in [1.29, 1.82) is 0 Å². The molecule has 0 radical (unpaired) electrons. The summed E-state index contributed by atoms with van der Waals surface area (Å²) in [5, 5.41) is 9.37. The van der Waals surface area contributed by atoms with Crippen LogP contribution in [-0.4, -0.2) is 39.8 Å². The minimum Gasteiger partial charge on any atom is -0.474 e. The maximum Gasteiger partial charge on any atom is 0.407 e. The van der Waals surface area contributed by atoms with Gasteiger partial charge < -0.3 is 14.7 Å². The van der Waals surface area contributed by atoms with Gasteiger partial charge >= 0.3 is 6.09 Å². The van der Waals surface area contributed by atoms with Gasteiger partial charge in [-0.25, -0.2) is 9.78 Å². The zero-order chi connectivity index (χ0) is 13.1. The van der Waals surface area contributed by atoms with Crippen molar-refractivity contribution in [1.82, 2.24) is 9.88 Å². The Kier molecular flexibility index (Phi) is 3.91. The number of amides is 1. The second kappa shape index (κ2) is 5.44. The number of hydrogen-bond acceptors (Lipinski definition) is 3. The molecule has 1 aromatic heterocycles.